The fraction of sp³-hybridized carbons (Fsp3) is 0.615. The van der Waals surface area contributed by atoms with Crippen LogP contribution in [0.3, 0.4) is 0 Å². The van der Waals surface area contributed by atoms with Gasteiger partial charge in [-0.25, -0.2) is 0 Å². The van der Waals surface area contributed by atoms with Gasteiger partial charge in [-0.3, -0.25) is 14.4 Å². The van der Waals surface area contributed by atoms with E-state index in [1.165, 1.54) is 0 Å². The first-order valence-corrected chi connectivity index (χ1v) is 17.0. The Kier molecular flexibility index (Phi) is 18.5. The number of rotatable bonds is 17. The fourth-order valence-electron chi connectivity index (χ4n) is 4.78. The average Bonchev–Trinajstić information content (AvgIpc) is 3.01. The number of aryl methyl sites for hydroxylation is 4. The molecule has 0 saturated heterocycles. The minimum atomic E-state index is -0.296. The SMILES string of the molecule is CCC(=O)CC.Cc1cc(CCC(=O)OCCOCCOCCOC(=O)CCc2cc(C)c(O)c(C(C)(C)C)c2)cc(C(C)(C)C)c1O. The molecule has 0 aromatic heterocycles. The van der Waals surface area contributed by atoms with Gasteiger partial charge in [-0.1, -0.05) is 79.7 Å². The van der Waals surface area contributed by atoms with Crippen LogP contribution in [0.4, 0.5) is 0 Å². The fourth-order valence-corrected chi connectivity index (χ4v) is 4.78. The molecular formula is C39H60O9. The number of phenols is 2. The summed E-state index contributed by atoms with van der Waals surface area (Å²) in [5, 5.41) is 20.7. The van der Waals surface area contributed by atoms with Crippen molar-refractivity contribution in [1.82, 2.24) is 0 Å². The number of hydrogen-bond acceptors (Lipinski definition) is 9. The summed E-state index contributed by atoms with van der Waals surface area (Å²) < 4.78 is 21.4. The molecule has 0 saturated carbocycles. The summed E-state index contributed by atoms with van der Waals surface area (Å²) in [7, 11) is 0. The highest BCUT2D eigenvalue weighted by Gasteiger charge is 2.21. The number of esters is 2. The lowest BCUT2D eigenvalue weighted by molar-refractivity contribution is -0.146. The zero-order valence-electron chi connectivity index (χ0n) is 31.0. The van der Waals surface area contributed by atoms with Gasteiger partial charge in [0.05, 0.1) is 26.4 Å². The highest BCUT2D eigenvalue weighted by atomic mass is 16.6. The summed E-state index contributed by atoms with van der Waals surface area (Å²) >= 11 is 0. The predicted octanol–water partition coefficient (Wildman–Crippen LogP) is 7.37. The molecule has 2 aromatic carbocycles. The van der Waals surface area contributed by atoms with Gasteiger partial charge in [0.15, 0.2) is 0 Å². The van der Waals surface area contributed by atoms with E-state index in [1.54, 1.807) is 0 Å². The molecule has 0 amide bonds. The summed E-state index contributed by atoms with van der Waals surface area (Å²) in [6, 6.07) is 7.73. The van der Waals surface area contributed by atoms with E-state index in [4.69, 9.17) is 18.9 Å². The van der Waals surface area contributed by atoms with Crippen LogP contribution in [0.15, 0.2) is 24.3 Å². The lowest BCUT2D eigenvalue weighted by Crippen LogP contribution is -2.16. The maximum absolute atomic E-state index is 12.1. The van der Waals surface area contributed by atoms with Crippen LogP contribution in [-0.2, 0) is 57.0 Å². The van der Waals surface area contributed by atoms with Crippen molar-refractivity contribution in [2.45, 2.75) is 119 Å². The predicted molar refractivity (Wildman–Crippen MR) is 189 cm³/mol. The number of ketones is 1. The third kappa shape index (κ3) is 16.1. The normalized spacial score (nSPS) is 11.5. The Balaban J connectivity index is 0.00000175. The van der Waals surface area contributed by atoms with Crippen molar-refractivity contribution < 1.29 is 43.5 Å². The molecule has 0 unspecified atom stereocenters. The second kappa shape index (κ2) is 20.8. The van der Waals surface area contributed by atoms with Crippen molar-refractivity contribution >= 4 is 17.7 Å². The maximum atomic E-state index is 12.1. The van der Waals surface area contributed by atoms with Crippen LogP contribution in [0.1, 0.15) is 114 Å². The van der Waals surface area contributed by atoms with Crippen LogP contribution in [0, 0.1) is 13.8 Å². The van der Waals surface area contributed by atoms with Crippen molar-refractivity contribution in [3.63, 3.8) is 0 Å². The Labute approximate surface area is 288 Å². The summed E-state index contributed by atoms with van der Waals surface area (Å²) in [6.45, 7) is 21.3. The summed E-state index contributed by atoms with van der Waals surface area (Å²) in [6.07, 6.45) is 2.96. The van der Waals surface area contributed by atoms with E-state index in [0.29, 0.717) is 56.2 Å². The van der Waals surface area contributed by atoms with Crippen LogP contribution < -0.4 is 0 Å². The molecule has 9 heteroatoms. The van der Waals surface area contributed by atoms with Crippen LogP contribution in [-0.4, -0.2) is 67.6 Å². The van der Waals surface area contributed by atoms with Gasteiger partial charge in [-0.15, -0.1) is 0 Å². The molecular weight excluding hydrogens is 612 g/mol. The molecule has 48 heavy (non-hydrogen) atoms. The van der Waals surface area contributed by atoms with Crippen molar-refractivity contribution in [3.05, 3.63) is 57.6 Å². The van der Waals surface area contributed by atoms with E-state index in [-0.39, 0.29) is 62.0 Å². The first-order chi connectivity index (χ1) is 22.4. The summed E-state index contributed by atoms with van der Waals surface area (Å²) in [5.74, 6) is 0.366. The Morgan fingerprint density at radius 2 is 0.917 bits per heavy atom. The van der Waals surface area contributed by atoms with Gasteiger partial charge in [-0.05, 0) is 70.9 Å². The molecule has 270 valence electrons. The third-order valence-corrected chi connectivity index (χ3v) is 7.71. The van der Waals surface area contributed by atoms with Gasteiger partial charge >= 0.3 is 11.9 Å². The number of aromatic hydroxyl groups is 2. The molecule has 0 bridgehead atoms. The van der Waals surface area contributed by atoms with Crippen LogP contribution >= 0.6 is 0 Å². The Morgan fingerprint density at radius 1 is 0.583 bits per heavy atom. The zero-order valence-corrected chi connectivity index (χ0v) is 31.0. The van der Waals surface area contributed by atoms with Crippen molar-refractivity contribution in [2.24, 2.45) is 0 Å². The average molecular weight is 673 g/mol. The number of Topliss-reactive ketones (excluding diaryl/α,β-unsaturated/α-hetero) is 1. The van der Waals surface area contributed by atoms with E-state index in [2.05, 4.69) is 0 Å². The van der Waals surface area contributed by atoms with Gasteiger partial charge in [0.1, 0.15) is 30.5 Å². The largest absolute Gasteiger partial charge is 0.507 e. The quantitative estimate of drug-likeness (QED) is 0.131. The monoisotopic (exact) mass is 672 g/mol. The summed E-state index contributed by atoms with van der Waals surface area (Å²) in [4.78, 5) is 34.4. The first kappa shape index (κ1) is 42.6. The molecule has 0 aliphatic carbocycles. The number of benzene rings is 2. The molecule has 9 nitrogen and oxygen atoms in total. The lowest BCUT2D eigenvalue weighted by atomic mass is 9.83. The highest BCUT2D eigenvalue weighted by Crippen LogP contribution is 2.35. The molecule has 0 fully saturated rings. The Bertz CT molecular complexity index is 1220. The summed E-state index contributed by atoms with van der Waals surface area (Å²) in [5.41, 5.74) is 4.95. The van der Waals surface area contributed by atoms with E-state index >= 15 is 0 Å². The smallest absolute Gasteiger partial charge is 0.306 e. The zero-order chi connectivity index (χ0) is 36.5. The lowest BCUT2D eigenvalue weighted by Gasteiger charge is -2.22. The standard InChI is InChI=1S/C34H50O8.C5H10O/c1-23-19-25(21-27(31(23)37)33(3,4)5)9-11-29(35)41-17-15-39-13-14-40-16-18-42-30(36)12-10-26-20-24(2)32(38)28(22-26)34(6,7)8;1-3-5(6)4-2/h19-22,37-38H,9-18H2,1-8H3;3-4H2,1-2H3. The van der Waals surface area contributed by atoms with Crippen LogP contribution in [0.5, 0.6) is 11.5 Å². The molecule has 0 atom stereocenters. The number of carbonyl (C=O) groups excluding carboxylic acids is 3. The number of hydrogen-bond donors (Lipinski definition) is 2. The first-order valence-electron chi connectivity index (χ1n) is 17.0. The Morgan fingerprint density at radius 3 is 1.21 bits per heavy atom. The number of ether oxygens (including phenoxy) is 4. The molecule has 0 aliphatic heterocycles. The van der Waals surface area contributed by atoms with Crippen molar-refractivity contribution in [3.8, 4) is 11.5 Å². The molecule has 0 aliphatic rings. The molecule has 2 rings (SSSR count). The minimum Gasteiger partial charge on any atom is -0.507 e. The molecule has 0 radical (unpaired) electrons. The second-order valence-corrected chi connectivity index (χ2v) is 14.0. The van der Waals surface area contributed by atoms with E-state index in [9.17, 15) is 24.6 Å². The second-order valence-electron chi connectivity index (χ2n) is 14.0. The highest BCUT2D eigenvalue weighted by molar-refractivity contribution is 5.77. The van der Waals surface area contributed by atoms with E-state index < -0.39 is 0 Å². The van der Waals surface area contributed by atoms with Gasteiger partial charge in [0.25, 0.3) is 0 Å². The van der Waals surface area contributed by atoms with Crippen LogP contribution in [0.25, 0.3) is 0 Å². The molecule has 2 aromatic rings. The van der Waals surface area contributed by atoms with Gasteiger partial charge in [-0.2, -0.15) is 0 Å². The van der Waals surface area contributed by atoms with Crippen molar-refractivity contribution in [2.75, 3.05) is 39.6 Å². The topological polar surface area (TPSA) is 129 Å². The van der Waals surface area contributed by atoms with Crippen LogP contribution in [0.2, 0.25) is 0 Å². The minimum absolute atomic E-state index is 0.163. The van der Waals surface area contributed by atoms with E-state index in [0.717, 1.165) is 33.4 Å². The molecule has 0 spiro atoms. The maximum Gasteiger partial charge on any atom is 0.306 e. The van der Waals surface area contributed by atoms with E-state index in [1.807, 2.05) is 93.5 Å². The van der Waals surface area contributed by atoms with Crippen molar-refractivity contribution in [1.29, 1.82) is 0 Å². The number of phenolic OH excluding ortho intramolecular Hbond substituents is 2. The number of carbonyl (C=O) groups is 3. The van der Waals surface area contributed by atoms with Gasteiger partial charge in [0, 0.05) is 25.7 Å². The third-order valence-electron chi connectivity index (χ3n) is 7.71. The molecule has 0 heterocycles. The molecule has 2 N–H and O–H groups in total. The van der Waals surface area contributed by atoms with Gasteiger partial charge < -0.3 is 29.2 Å². The van der Waals surface area contributed by atoms with Gasteiger partial charge in [0.2, 0.25) is 0 Å². The Hall–Kier alpha value is -3.43.